The predicted molar refractivity (Wildman–Crippen MR) is 43.3 cm³/mol. The first-order valence-corrected chi connectivity index (χ1v) is 3.51. The van der Waals surface area contributed by atoms with E-state index >= 15 is 0 Å². The van der Waals surface area contributed by atoms with Crippen molar-refractivity contribution in [2.75, 3.05) is 41.4 Å². The minimum atomic E-state index is 0.444. The second kappa shape index (κ2) is 5.65. The largest absolute Gasteiger partial charge is 0.383 e. The zero-order chi connectivity index (χ0) is 7.98. The van der Waals surface area contributed by atoms with Crippen molar-refractivity contribution in [3.8, 4) is 0 Å². The summed E-state index contributed by atoms with van der Waals surface area (Å²) in [6.45, 7) is 1.79. The molecule has 0 aromatic heterocycles. The number of hydrogen-bond donors (Lipinski definition) is 1. The summed E-state index contributed by atoms with van der Waals surface area (Å²) in [7, 11) is 7.78. The zero-order valence-corrected chi connectivity index (χ0v) is 7.35. The Morgan fingerprint density at radius 3 is 2.40 bits per heavy atom. The van der Waals surface area contributed by atoms with Gasteiger partial charge in [0, 0.05) is 19.7 Å². The molecule has 1 unspecified atom stereocenters. The Bertz CT molecular complexity index is 76.0. The van der Waals surface area contributed by atoms with Gasteiger partial charge in [0.05, 0.1) is 6.61 Å². The minimum Gasteiger partial charge on any atom is -0.383 e. The maximum atomic E-state index is 5.01. The molecule has 0 fully saturated rings. The summed E-state index contributed by atoms with van der Waals surface area (Å²) in [4.78, 5) is 2.14. The van der Waals surface area contributed by atoms with Gasteiger partial charge in [-0.2, -0.15) is 0 Å². The van der Waals surface area contributed by atoms with Crippen LogP contribution >= 0.6 is 0 Å². The van der Waals surface area contributed by atoms with E-state index in [2.05, 4.69) is 24.3 Å². The Balaban J connectivity index is 3.39. The van der Waals surface area contributed by atoms with Crippen molar-refractivity contribution >= 4 is 0 Å². The molecular formula is C7H18N2O. The van der Waals surface area contributed by atoms with Gasteiger partial charge in [-0.25, -0.2) is 0 Å². The quantitative estimate of drug-likeness (QED) is 0.580. The van der Waals surface area contributed by atoms with Gasteiger partial charge in [0.1, 0.15) is 0 Å². The molecule has 1 atom stereocenters. The van der Waals surface area contributed by atoms with Crippen LogP contribution in [-0.4, -0.2) is 52.3 Å². The van der Waals surface area contributed by atoms with E-state index in [1.165, 1.54) is 0 Å². The van der Waals surface area contributed by atoms with E-state index < -0.39 is 0 Å². The lowest BCUT2D eigenvalue weighted by Gasteiger charge is -2.19. The fraction of sp³-hybridized carbons (Fsp3) is 1.00. The third-order valence-corrected chi connectivity index (χ3v) is 1.36. The zero-order valence-electron chi connectivity index (χ0n) is 7.35. The predicted octanol–water partition coefficient (Wildman–Crippen LogP) is -0.218. The molecule has 0 aromatic carbocycles. The fourth-order valence-electron chi connectivity index (χ4n) is 0.869. The van der Waals surface area contributed by atoms with Gasteiger partial charge in [0.2, 0.25) is 0 Å². The van der Waals surface area contributed by atoms with Crippen LogP contribution in [0.2, 0.25) is 0 Å². The fourth-order valence-corrected chi connectivity index (χ4v) is 0.869. The number of nitrogens with one attached hydrogen (secondary N) is 1. The molecule has 0 radical (unpaired) electrons. The molecule has 0 heterocycles. The van der Waals surface area contributed by atoms with Gasteiger partial charge >= 0.3 is 0 Å². The van der Waals surface area contributed by atoms with E-state index in [-0.39, 0.29) is 0 Å². The Kier molecular flexibility index (Phi) is 5.58. The summed E-state index contributed by atoms with van der Waals surface area (Å²) < 4.78 is 5.01. The topological polar surface area (TPSA) is 24.5 Å². The summed E-state index contributed by atoms with van der Waals surface area (Å²) in [5, 5.41) is 3.17. The van der Waals surface area contributed by atoms with Crippen LogP contribution in [-0.2, 0) is 4.74 Å². The molecule has 62 valence electrons. The molecule has 0 saturated carbocycles. The molecule has 0 spiro atoms. The van der Waals surface area contributed by atoms with Gasteiger partial charge in [-0.3, -0.25) is 0 Å². The Labute approximate surface area is 63.4 Å². The van der Waals surface area contributed by atoms with E-state index in [0.29, 0.717) is 6.04 Å². The van der Waals surface area contributed by atoms with Crippen LogP contribution in [0.5, 0.6) is 0 Å². The highest BCUT2D eigenvalue weighted by atomic mass is 16.5. The van der Waals surface area contributed by atoms with Gasteiger partial charge in [-0.05, 0) is 21.1 Å². The third-order valence-electron chi connectivity index (χ3n) is 1.36. The molecule has 0 aliphatic carbocycles. The highest BCUT2D eigenvalue weighted by Gasteiger charge is 2.04. The van der Waals surface area contributed by atoms with E-state index in [4.69, 9.17) is 4.74 Å². The van der Waals surface area contributed by atoms with Gasteiger partial charge in [-0.1, -0.05) is 0 Å². The van der Waals surface area contributed by atoms with Gasteiger partial charge in [-0.15, -0.1) is 0 Å². The normalized spacial score (nSPS) is 14.1. The smallest absolute Gasteiger partial charge is 0.0628 e. The highest BCUT2D eigenvalue weighted by Crippen LogP contribution is 1.85. The van der Waals surface area contributed by atoms with Crippen LogP contribution in [0.4, 0.5) is 0 Å². The van der Waals surface area contributed by atoms with Crippen LogP contribution in [0.15, 0.2) is 0 Å². The van der Waals surface area contributed by atoms with Crippen molar-refractivity contribution in [1.29, 1.82) is 0 Å². The summed E-state index contributed by atoms with van der Waals surface area (Å²) in [5.41, 5.74) is 0. The molecule has 0 aromatic rings. The van der Waals surface area contributed by atoms with Crippen LogP contribution in [0, 0.1) is 0 Å². The number of nitrogens with zero attached hydrogens (tertiary/aromatic N) is 1. The average Bonchev–Trinajstić information content (AvgIpc) is 1.86. The molecule has 0 aliphatic heterocycles. The molecule has 0 amide bonds. The molecular weight excluding hydrogens is 128 g/mol. The van der Waals surface area contributed by atoms with Crippen molar-refractivity contribution in [2.24, 2.45) is 0 Å². The maximum absolute atomic E-state index is 5.01. The van der Waals surface area contributed by atoms with Crippen LogP contribution in [0.1, 0.15) is 0 Å². The summed E-state index contributed by atoms with van der Waals surface area (Å²) in [5.74, 6) is 0. The van der Waals surface area contributed by atoms with E-state index in [1.54, 1.807) is 7.11 Å². The number of rotatable bonds is 5. The van der Waals surface area contributed by atoms with Crippen molar-refractivity contribution in [3.63, 3.8) is 0 Å². The molecule has 3 heteroatoms. The molecule has 0 rings (SSSR count). The number of ether oxygens (including phenoxy) is 1. The standard InChI is InChI=1S/C7H18N2O/c1-8-7(6-10-4)5-9(2)3/h7-8H,5-6H2,1-4H3. The Hall–Kier alpha value is -0.120. The van der Waals surface area contributed by atoms with E-state index in [9.17, 15) is 0 Å². The first-order valence-electron chi connectivity index (χ1n) is 3.51. The highest BCUT2D eigenvalue weighted by molar-refractivity contribution is 4.65. The van der Waals surface area contributed by atoms with Crippen molar-refractivity contribution in [1.82, 2.24) is 10.2 Å². The lowest BCUT2D eigenvalue weighted by molar-refractivity contribution is 0.155. The Morgan fingerprint density at radius 1 is 1.50 bits per heavy atom. The summed E-state index contributed by atoms with van der Waals surface area (Å²) in [6, 6.07) is 0.444. The monoisotopic (exact) mass is 146 g/mol. The Morgan fingerprint density at radius 2 is 2.10 bits per heavy atom. The van der Waals surface area contributed by atoms with Crippen LogP contribution in [0.3, 0.4) is 0 Å². The van der Waals surface area contributed by atoms with Crippen molar-refractivity contribution in [2.45, 2.75) is 6.04 Å². The van der Waals surface area contributed by atoms with E-state index in [1.807, 2.05) is 7.05 Å². The van der Waals surface area contributed by atoms with Gasteiger partial charge in [0.25, 0.3) is 0 Å². The third kappa shape index (κ3) is 4.73. The molecule has 3 nitrogen and oxygen atoms in total. The van der Waals surface area contributed by atoms with Crippen LogP contribution < -0.4 is 5.32 Å². The number of methoxy groups -OCH3 is 1. The van der Waals surface area contributed by atoms with Crippen molar-refractivity contribution < 1.29 is 4.74 Å². The van der Waals surface area contributed by atoms with Gasteiger partial charge < -0.3 is 15.0 Å². The molecule has 10 heavy (non-hydrogen) atoms. The number of hydrogen-bond acceptors (Lipinski definition) is 3. The second-order valence-corrected chi connectivity index (χ2v) is 2.70. The first-order chi connectivity index (χ1) is 4.70. The molecule has 0 saturated heterocycles. The molecule has 0 bridgehead atoms. The van der Waals surface area contributed by atoms with Crippen molar-refractivity contribution in [3.05, 3.63) is 0 Å². The summed E-state index contributed by atoms with van der Waals surface area (Å²) in [6.07, 6.45) is 0. The second-order valence-electron chi connectivity index (χ2n) is 2.70. The lowest BCUT2D eigenvalue weighted by Crippen LogP contribution is -2.39. The minimum absolute atomic E-state index is 0.444. The maximum Gasteiger partial charge on any atom is 0.0628 e. The average molecular weight is 146 g/mol. The number of likely N-dealkylation sites (N-methyl/N-ethyl adjacent to an activating group) is 2. The van der Waals surface area contributed by atoms with Gasteiger partial charge in [0.15, 0.2) is 0 Å². The SMILES string of the molecule is CNC(COC)CN(C)C. The van der Waals surface area contributed by atoms with Crippen LogP contribution in [0.25, 0.3) is 0 Å². The molecule has 0 aliphatic rings. The summed E-state index contributed by atoms with van der Waals surface area (Å²) >= 11 is 0. The lowest BCUT2D eigenvalue weighted by atomic mass is 10.3. The van der Waals surface area contributed by atoms with E-state index in [0.717, 1.165) is 13.2 Å². The molecule has 1 N–H and O–H groups in total. The first kappa shape index (κ1) is 9.88.